The van der Waals surface area contributed by atoms with Gasteiger partial charge in [0, 0.05) is 12.1 Å². The first-order chi connectivity index (χ1) is 14.7. The fourth-order valence-electron chi connectivity index (χ4n) is 2.88. The van der Waals surface area contributed by atoms with Crippen molar-refractivity contribution in [3.8, 4) is 17.1 Å². The van der Waals surface area contributed by atoms with E-state index in [2.05, 4.69) is 20.6 Å². The minimum Gasteiger partial charge on any atom is -0.494 e. The molecule has 0 aliphatic rings. The normalized spacial score (nSPS) is 10.8. The maximum Gasteiger partial charge on any atom is 0.230 e. The van der Waals surface area contributed by atoms with Gasteiger partial charge in [-0.1, -0.05) is 42.1 Å². The van der Waals surface area contributed by atoms with E-state index >= 15 is 0 Å². The zero-order chi connectivity index (χ0) is 20.8. The zero-order valence-corrected chi connectivity index (χ0v) is 17.3. The van der Waals surface area contributed by atoms with Gasteiger partial charge in [0.05, 0.1) is 12.4 Å². The molecule has 4 rings (SSSR count). The molecule has 0 fully saturated rings. The highest BCUT2D eigenvalue weighted by molar-refractivity contribution is 7.99. The van der Waals surface area contributed by atoms with Crippen molar-refractivity contribution in [1.82, 2.24) is 25.1 Å². The number of carbonyl (C=O) groups is 1. The molecule has 1 amide bonds. The Balaban J connectivity index is 1.42. The molecule has 152 valence electrons. The van der Waals surface area contributed by atoms with Gasteiger partial charge in [-0.3, -0.25) is 4.79 Å². The lowest BCUT2D eigenvalue weighted by Gasteiger charge is -2.06. The summed E-state index contributed by atoms with van der Waals surface area (Å²) in [5.74, 6) is 1.69. The van der Waals surface area contributed by atoms with Gasteiger partial charge >= 0.3 is 0 Å². The Bertz CT molecular complexity index is 1130. The highest BCUT2D eigenvalue weighted by Crippen LogP contribution is 2.23. The topological polar surface area (TPSA) is 81.4 Å². The lowest BCUT2D eigenvalue weighted by atomic mass is 10.2. The maximum atomic E-state index is 12.2. The van der Waals surface area contributed by atoms with Crippen LogP contribution in [0, 0.1) is 0 Å². The van der Waals surface area contributed by atoms with E-state index in [0.717, 1.165) is 21.9 Å². The molecule has 0 radical (unpaired) electrons. The Morgan fingerprint density at radius 2 is 1.83 bits per heavy atom. The summed E-state index contributed by atoms with van der Waals surface area (Å²) in [6.45, 7) is 3.08. The molecular weight excluding hydrogens is 398 g/mol. The minimum atomic E-state index is -0.0405. The zero-order valence-electron chi connectivity index (χ0n) is 16.5. The highest BCUT2D eigenvalue weighted by Gasteiger charge is 2.11. The van der Waals surface area contributed by atoms with Gasteiger partial charge in [0.2, 0.25) is 5.91 Å². The third-order valence-electron chi connectivity index (χ3n) is 4.35. The van der Waals surface area contributed by atoms with Crippen molar-refractivity contribution >= 4 is 23.3 Å². The Morgan fingerprint density at radius 3 is 2.60 bits per heavy atom. The summed E-state index contributed by atoms with van der Waals surface area (Å²) in [4.78, 5) is 12.2. The minimum absolute atomic E-state index is 0.0405. The quantitative estimate of drug-likeness (QED) is 0.440. The van der Waals surface area contributed by atoms with Gasteiger partial charge in [-0.05, 0) is 48.9 Å². The Labute approximate surface area is 178 Å². The van der Waals surface area contributed by atoms with Crippen LogP contribution in [0.2, 0.25) is 0 Å². The number of ether oxygens (including phenoxy) is 1. The fourth-order valence-corrected chi connectivity index (χ4v) is 3.57. The molecule has 8 heteroatoms. The van der Waals surface area contributed by atoms with Gasteiger partial charge in [0.25, 0.3) is 0 Å². The molecule has 0 unspecified atom stereocenters. The molecule has 7 nitrogen and oxygen atoms in total. The molecule has 0 saturated heterocycles. The second-order valence-electron chi connectivity index (χ2n) is 6.47. The molecule has 0 aliphatic carbocycles. The molecule has 1 N–H and O–H groups in total. The Kier molecular flexibility index (Phi) is 6.24. The first-order valence-corrected chi connectivity index (χ1v) is 10.6. The van der Waals surface area contributed by atoms with E-state index in [1.165, 1.54) is 11.8 Å². The summed E-state index contributed by atoms with van der Waals surface area (Å²) in [7, 11) is 0. The van der Waals surface area contributed by atoms with Gasteiger partial charge in [-0.15, -0.1) is 10.2 Å². The summed E-state index contributed by atoms with van der Waals surface area (Å²) < 4.78 is 7.18. The van der Waals surface area contributed by atoms with Gasteiger partial charge in [-0.25, -0.2) is 0 Å². The number of nitrogens with one attached hydrogen (secondary N) is 1. The van der Waals surface area contributed by atoms with Crippen LogP contribution in [0.25, 0.3) is 17.0 Å². The monoisotopic (exact) mass is 419 g/mol. The maximum absolute atomic E-state index is 12.2. The van der Waals surface area contributed by atoms with Gasteiger partial charge in [-0.2, -0.15) is 9.61 Å². The second-order valence-corrected chi connectivity index (χ2v) is 7.47. The van der Waals surface area contributed by atoms with Crippen LogP contribution in [0.1, 0.15) is 12.5 Å². The molecule has 0 spiro atoms. The molecule has 30 heavy (non-hydrogen) atoms. The van der Waals surface area contributed by atoms with Crippen LogP contribution in [0.15, 0.2) is 71.8 Å². The van der Waals surface area contributed by atoms with Crippen LogP contribution in [0.3, 0.4) is 0 Å². The van der Waals surface area contributed by atoms with Crippen molar-refractivity contribution in [1.29, 1.82) is 0 Å². The lowest BCUT2D eigenvalue weighted by molar-refractivity contribution is -0.118. The van der Waals surface area contributed by atoms with Crippen molar-refractivity contribution in [3.05, 3.63) is 72.3 Å². The summed E-state index contributed by atoms with van der Waals surface area (Å²) >= 11 is 1.38. The molecule has 0 saturated carbocycles. The van der Waals surface area contributed by atoms with Crippen molar-refractivity contribution in [2.24, 2.45) is 0 Å². The largest absolute Gasteiger partial charge is 0.494 e. The summed E-state index contributed by atoms with van der Waals surface area (Å²) in [6, 6.07) is 21.2. The van der Waals surface area contributed by atoms with Crippen LogP contribution in [-0.4, -0.2) is 38.1 Å². The van der Waals surface area contributed by atoms with Crippen molar-refractivity contribution in [3.63, 3.8) is 0 Å². The fraction of sp³-hybridized carbons (Fsp3) is 0.182. The predicted octanol–water partition coefficient (Wildman–Crippen LogP) is 3.60. The van der Waals surface area contributed by atoms with Crippen LogP contribution >= 0.6 is 11.8 Å². The molecule has 2 heterocycles. The number of nitrogens with zero attached hydrogens (tertiary/aromatic N) is 4. The van der Waals surface area contributed by atoms with Crippen molar-refractivity contribution in [2.45, 2.75) is 18.5 Å². The van der Waals surface area contributed by atoms with E-state index in [1.807, 2.05) is 73.7 Å². The van der Waals surface area contributed by atoms with Crippen LogP contribution in [0.5, 0.6) is 5.75 Å². The first-order valence-electron chi connectivity index (χ1n) is 9.62. The third-order valence-corrected chi connectivity index (χ3v) is 5.27. The van der Waals surface area contributed by atoms with Gasteiger partial charge in [0.15, 0.2) is 11.5 Å². The Morgan fingerprint density at radius 1 is 1.03 bits per heavy atom. The second kappa shape index (κ2) is 9.41. The number of rotatable bonds is 8. The number of thioether (sulfide) groups is 1. The molecule has 0 bridgehead atoms. The number of benzene rings is 2. The third kappa shape index (κ3) is 4.77. The lowest BCUT2D eigenvalue weighted by Crippen LogP contribution is -2.24. The molecule has 0 atom stereocenters. The van der Waals surface area contributed by atoms with E-state index < -0.39 is 0 Å². The van der Waals surface area contributed by atoms with E-state index in [1.54, 1.807) is 4.52 Å². The number of aromatic nitrogens is 4. The van der Waals surface area contributed by atoms with Crippen LogP contribution in [0.4, 0.5) is 0 Å². The molecule has 4 aromatic rings. The molecule has 0 aliphatic heterocycles. The summed E-state index contributed by atoms with van der Waals surface area (Å²) in [5, 5.41) is 16.7. The van der Waals surface area contributed by atoms with E-state index in [9.17, 15) is 4.79 Å². The van der Waals surface area contributed by atoms with E-state index in [4.69, 9.17) is 4.74 Å². The number of amides is 1. The molecule has 2 aromatic heterocycles. The average Bonchev–Trinajstić information content (AvgIpc) is 3.21. The summed E-state index contributed by atoms with van der Waals surface area (Å²) in [5.41, 5.74) is 2.61. The number of hydrogen-bond donors (Lipinski definition) is 1. The molecular formula is C22H21N5O2S. The van der Waals surface area contributed by atoms with Gasteiger partial charge in [0.1, 0.15) is 10.8 Å². The predicted molar refractivity (Wildman–Crippen MR) is 116 cm³/mol. The summed E-state index contributed by atoms with van der Waals surface area (Å²) in [6.07, 6.45) is 0. The van der Waals surface area contributed by atoms with Crippen LogP contribution < -0.4 is 10.1 Å². The number of carbonyl (C=O) groups excluding carboxylic acids is 1. The smallest absolute Gasteiger partial charge is 0.230 e. The first kappa shape index (κ1) is 19.9. The highest BCUT2D eigenvalue weighted by atomic mass is 32.2. The van der Waals surface area contributed by atoms with Crippen molar-refractivity contribution < 1.29 is 9.53 Å². The average molecular weight is 420 g/mol. The number of hydrogen-bond acceptors (Lipinski definition) is 6. The standard InChI is InChI=1S/C22H21N5O2S/c1-2-29-18-10-8-17(9-11-18)22-25-24-19-12-13-21(26-27(19)22)30-15-20(28)23-14-16-6-4-3-5-7-16/h3-13H,2,14-15H2,1H3,(H,23,28). The van der Waals surface area contributed by atoms with E-state index in [0.29, 0.717) is 24.6 Å². The Hall–Kier alpha value is -3.39. The van der Waals surface area contributed by atoms with Gasteiger partial charge < -0.3 is 10.1 Å². The number of fused-ring (bicyclic) bond motifs is 1. The molecule has 2 aromatic carbocycles. The van der Waals surface area contributed by atoms with Crippen molar-refractivity contribution in [2.75, 3.05) is 12.4 Å². The van der Waals surface area contributed by atoms with Crippen LogP contribution in [-0.2, 0) is 11.3 Å². The SMILES string of the molecule is CCOc1ccc(-c2nnc3ccc(SCC(=O)NCc4ccccc4)nn23)cc1. The van der Waals surface area contributed by atoms with E-state index in [-0.39, 0.29) is 11.7 Å².